The number of benzene rings is 2. The second kappa shape index (κ2) is 15.2. The number of nitrogens with zero attached hydrogens (tertiary/aromatic N) is 4. The zero-order valence-electron chi connectivity index (χ0n) is 26.5. The van der Waals surface area contributed by atoms with Gasteiger partial charge in [-0.15, -0.1) is 0 Å². The van der Waals surface area contributed by atoms with E-state index >= 15 is 0 Å². The molecule has 4 heterocycles. The molecule has 4 amide bonds. The van der Waals surface area contributed by atoms with E-state index in [2.05, 4.69) is 32.4 Å². The van der Waals surface area contributed by atoms with E-state index in [9.17, 15) is 19.2 Å². The van der Waals surface area contributed by atoms with Gasteiger partial charge in [-0.05, 0) is 61.1 Å². The molecule has 242 valence electrons. The molecule has 2 N–H and O–H groups in total. The molecule has 0 saturated carbocycles. The summed E-state index contributed by atoms with van der Waals surface area (Å²) >= 11 is 0. The first kappa shape index (κ1) is 32.1. The molecule has 2 aromatic heterocycles. The average molecular weight is 641 g/mol. The van der Waals surface area contributed by atoms with Gasteiger partial charge in [-0.25, -0.2) is 9.97 Å². The first-order valence-electron chi connectivity index (χ1n) is 16.2. The number of aromatic nitrogens is 2. The van der Waals surface area contributed by atoms with Crippen molar-refractivity contribution in [1.82, 2.24) is 19.8 Å². The summed E-state index contributed by atoms with van der Waals surface area (Å²) in [6, 6.07) is 24.9. The summed E-state index contributed by atoms with van der Waals surface area (Å²) in [5.41, 5.74) is 3.13. The maximum atomic E-state index is 13.0. The van der Waals surface area contributed by atoms with Gasteiger partial charge in [0.15, 0.2) is 0 Å². The smallest absolute Gasteiger partial charge is 0.248 e. The van der Waals surface area contributed by atoms with Crippen LogP contribution in [0.4, 0.5) is 11.6 Å². The van der Waals surface area contributed by atoms with E-state index in [-0.39, 0.29) is 36.5 Å². The van der Waals surface area contributed by atoms with Crippen molar-refractivity contribution < 1.29 is 19.2 Å². The number of likely N-dealkylation sites (tertiary alicyclic amines) is 2. The first-order chi connectivity index (χ1) is 23.4. The Labute approximate surface area is 279 Å². The van der Waals surface area contributed by atoms with Crippen LogP contribution in [-0.2, 0) is 32.0 Å². The summed E-state index contributed by atoms with van der Waals surface area (Å²) < 4.78 is 0. The average Bonchev–Trinajstić information content (AvgIpc) is 3.81. The lowest BCUT2D eigenvalue weighted by atomic mass is 10.1. The topological polar surface area (TPSA) is 125 Å². The Kier molecular flexibility index (Phi) is 10.2. The van der Waals surface area contributed by atoms with Gasteiger partial charge in [0.05, 0.1) is 12.8 Å². The fourth-order valence-electron chi connectivity index (χ4n) is 6.07. The van der Waals surface area contributed by atoms with Crippen molar-refractivity contribution in [3.63, 3.8) is 0 Å². The molecular weight excluding hydrogens is 604 g/mol. The Morgan fingerprint density at radius 2 is 1.02 bits per heavy atom. The fourth-order valence-corrected chi connectivity index (χ4v) is 6.07. The van der Waals surface area contributed by atoms with Crippen LogP contribution in [0.1, 0.15) is 47.9 Å². The molecule has 6 rings (SSSR count). The number of hydrogen-bond donors (Lipinski definition) is 2. The van der Waals surface area contributed by atoms with Gasteiger partial charge in [-0.3, -0.25) is 19.2 Å². The molecule has 10 heteroatoms. The highest BCUT2D eigenvalue weighted by Crippen LogP contribution is 2.22. The molecule has 0 unspecified atom stereocenters. The summed E-state index contributed by atoms with van der Waals surface area (Å²) in [6.45, 7) is 1.12. The lowest BCUT2D eigenvalue weighted by molar-refractivity contribution is -0.136. The van der Waals surface area contributed by atoms with E-state index in [1.165, 1.54) is 0 Å². The highest BCUT2D eigenvalue weighted by Gasteiger charge is 2.35. The Morgan fingerprint density at radius 1 is 0.604 bits per heavy atom. The van der Waals surface area contributed by atoms with Crippen LogP contribution in [0.2, 0.25) is 0 Å². The van der Waals surface area contributed by atoms with Crippen molar-refractivity contribution in [3.05, 3.63) is 120 Å². The molecule has 10 nitrogen and oxygen atoms in total. The van der Waals surface area contributed by atoms with Gasteiger partial charge in [0.2, 0.25) is 23.6 Å². The zero-order chi connectivity index (χ0) is 33.3. The number of amides is 4. The number of nitrogens with one attached hydrogen (secondary N) is 2. The molecule has 4 aromatic rings. The van der Waals surface area contributed by atoms with Gasteiger partial charge in [-0.2, -0.15) is 0 Å². The fraction of sp³-hybridized carbons (Fsp3) is 0.263. The normalized spacial score (nSPS) is 16.9. The summed E-state index contributed by atoms with van der Waals surface area (Å²) in [5, 5.41) is 5.67. The van der Waals surface area contributed by atoms with Crippen LogP contribution >= 0.6 is 0 Å². The van der Waals surface area contributed by atoms with Crippen LogP contribution < -0.4 is 10.6 Å². The lowest BCUT2D eigenvalue weighted by Gasteiger charge is -2.24. The van der Waals surface area contributed by atoms with Gasteiger partial charge in [0.25, 0.3) is 0 Å². The van der Waals surface area contributed by atoms with Crippen LogP contribution in [0.25, 0.3) is 0 Å². The molecule has 2 fully saturated rings. The van der Waals surface area contributed by atoms with Gasteiger partial charge in [0, 0.05) is 36.6 Å². The molecule has 2 atom stereocenters. The van der Waals surface area contributed by atoms with Crippen molar-refractivity contribution in [1.29, 1.82) is 0 Å². The summed E-state index contributed by atoms with van der Waals surface area (Å²) in [5.74, 6) is 6.22. The maximum Gasteiger partial charge on any atom is 0.248 e. The van der Waals surface area contributed by atoms with E-state index in [1.54, 1.807) is 46.5 Å². The monoisotopic (exact) mass is 640 g/mol. The van der Waals surface area contributed by atoms with Crippen LogP contribution in [0.3, 0.4) is 0 Å². The molecule has 0 bridgehead atoms. The third-order valence-corrected chi connectivity index (χ3v) is 8.53. The molecule has 2 aliphatic heterocycles. The van der Waals surface area contributed by atoms with Gasteiger partial charge in [-0.1, -0.05) is 72.5 Å². The van der Waals surface area contributed by atoms with Gasteiger partial charge in [0.1, 0.15) is 23.7 Å². The van der Waals surface area contributed by atoms with Gasteiger partial charge < -0.3 is 20.4 Å². The quantitative estimate of drug-likeness (QED) is 0.278. The highest BCUT2D eigenvalue weighted by atomic mass is 16.2. The SMILES string of the molecule is O=C(Nc1ccc(C#Cc2ccc(NC(=O)[C@@H]3CCCN3C(=O)Cc3ccccc3)nc2)cn1)[C@@H]1CCCN1C(=O)Cc1ccccc1. The number of anilines is 2. The van der Waals surface area contributed by atoms with Crippen molar-refractivity contribution >= 4 is 35.3 Å². The number of hydrogen-bond acceptors (Lipinski definition) is 6. The lowest BCUT2D eigenvalue weighted by Crippen LogP contribution is -2.43. The van der Waals surface area contributed by atoms with Crippen LogP contribution in [0.15, 0.2) is 97.3 Å². The standard InChI is InChI=1S/C38H36N6O4/c45-35(23-27-9-3-1-4-10-27)43-21-7-13-31(43)37(47)41-33-19-17-29(25-39-33)15-16-30-18-20-34(40-26-30)42-38(48)32-14-8-22-44(32)36(46)24-28-11-5-2-6-12-28/h1-6,9-12,17-20,25-26,31-32H,7-8,13-14,21-24H2,(H,39,41,47)(H,40,42,48)/t31-,32-/m0/s1. The Bertz CT molecular complexity index is 1690. The molecule has 2 saturated heterocycles. The first-order valence-corrected chi connectivity index (χ1v) is 16.2. The van der Waals surface area contributed by atoms with E-state index in [0.717, 1.165) is 24.0 Å². The molecule has 2 aliphatic rings. The van der Waals surface area contributed by atoms with E-state index in [1.807, 2.05) is 60.7 Å². The second-order valence-electron chi connectivity index (χ2n) is 11.9. The predicted molar refractivity (Wildman–Crippen MR) is 181 cm³/mol. The second-order valence-corrected chi connectivity index (χ2v) is 11.9. The van der Waals surface area contributed by atoms with E-state index in [0.29, 0.717) is 48.7 Å². The summed E-state index contributed by atoms with van der Waals surface area (Å²) in [4.78, 5) is 63.9. The molecular formula is C38H36N6O4. The largest absolute Gasteiger partial charge is 0.330 e. The van der Waals surface area contributed by atoms with Crippen LogP contribution in [0, 0.1) is 11.8 Å². The Balaban J connectivity index is 0.995. The zero-order valence-corrected chi connectivity index (χ0v) is 26.5. The summed E-state index contributed by atoms with van der Waals surface area (Å²) in [6.07, 6.45) is 6.45. The van der Waals surface area contributed by atoms with Crippen LogP contribution in [-0.4, -0.2) is 68.6 Å². The van der Waals surface area contributed by atoms with Crippen molar-refractivity contribution in [2.45, 2.75) is 50.6 Å². The highest BCUT2D eigenvalue weighted by molar-refractivity contribution is 5.98. The molecule has 0 spiro atoms. The maximum absolute atomic E-state index is 13.0. The summed E-state index contributed by atoms with van der Waals surface area (Å²) in [7, 11) is 0. The van der Waals surface area contributed by atoms with E-state index < -0.39 is 12.1 Å². The minimum Gasteiger partial charge on any atom is -0.330 e. The number of rotatable bonds is 8. The van der Waals surface area contributed by atoms with Crippen molar-refractivity contribution in [2.75, 3.05) is 23.7 Å². The Hall–Kier alpha value is -5.82. The minimum absolute atomic E-state index is 0.0613. The molecule has 2 aromatic carbocycles. The minimum atomic E-state index is -0.526. The molecule has 48 heavy (non-hydrogen) atoms. The number of carbonyl (C=O) groups excluding carboxylic acids is 4. The van der Waals surface area contributed by atoms with Gasteiger partial charge >= 0.3 is 0 Å². The molecule has 0 aliphatic carbocycles. The van der Waals surface area contributed by atoms with E-state index in [4.69, 9.17) is 0 Å². The number of pyridine rings is 2. The number of carbonyl (C=O) groups is 4. The molecule has 0 radical (unpaired) electrons. The Morgan fingerprint density at radius 3 is 1.40 bits per heavy atom. The third-order valence-electron chi connectivity index (χ3n) is 8.53. The predicted octanol–water partition coefficient (Wildman–Crippen LogP) is 4.22. The van der Waals surface area contributed by atoms with Crippen molar-refractivity contribution in [2.24, 2.45) is 0 Å². The van der Waals surface area contributed by atoms with Crippen LogP contribution in [0.5, 0.6) is 0 Å². The third kappa shape index (κ3) is 8.12. The van der Waals surface area contributed by atoms with Crippen molar-refractivity contribution in [3.8, 4) is 11.8 Å².